The van der Waals surface area contributed by atoms with Crippen molar-refractivity contribution in [2.75, 3.05) is 5.73 Å². The Labute approximate surface area is 79.7 Å². The summed E-state index contributed by atoms with van der Waals surface area (Å²) in [5.41, 5.74) is 10.8. The molecule has 6 heteroatoms. The van der Waals surface area contributed by atoms with Crippen LogP contribution < -0.4 is 11.5 Å². The topological polar surface area (TPSA) is 112 Å². The van der Waals surface area contributed by atoms with E-state index in [0.29, 0.717) is 5.56 Å². The number of nitrogens with two attached hydrogens (primary N) is 2. The van der Waals surface area contributed by atoms with Gasteiger partial charge in [-0.3, -0.25) is 14.9 Å². The van der Waals surface area contributed by atoms with Gasteiger partial charge in [0, 0.05) is 11.6 Å². The van der Waals surface area contributed by atoms with Crippen molar-refractivity contribution in [1.82, 2.24) is 0 Å². The van der Waals surface area contributed by atoms with Crippen molar-refractivity contribution in [1.29, 1.82) is 0 Å². The average molecular weight is 195 g/mol. The van der Waals surface area contributed by atoms with Crippen LogP contribution in [0.15, 0.2) is 12.1 Å². The molecule has 4 N–H and O–H groups in total. The molecule has 74 valence electrons. The van der Waals surface area contributed by atoms with Gasteiger partial charge in [-0.25, -0.2) is 0 Å². The second kappa shape index (κ2) is 3.33. The largest absolute Gasteiger partial charge is 0.393 e. The van der Waals surface area contributed by atoms with Gasteiger partial charge in [0.05, 0.1) is 4.92 Å². The van der Waals surface area contributed by atoms with Crippen molar-refractivity contribution < 1.29 is 9.72 Å². The number of nitro benzene ring substituents is 1. The molecular formula is C8H9N3O3. The van der Waals surface area contributed by atoms with Gasteiger partial charge < -0.3 is 11.5 Å². The van der Waals surface area contributed by atoms with Crippen LogP contribution in [0.2, 0.25) is 0 Å². The Morgan fingerprint density at radius 3 is 2.50 bits per heavy atom. The fraction of sp³-hybridized carbons (Fsp3) is 0.125. The first-order valence-electron chi connectivity index (χ1n) is 3.77. The lowest BCUT2D eigenvalue weighted by Crippen LogP contribution is -2.12. The van der Waals surface area contributed by atoms with E-state index in [1.54, 1.807) is 6.92 Å². The predicted octanol–water partition coefficient (Wildman–Crippen LogP) is 0.584. The molecule has 0 fully saturated rings. The van der Waals surface area contributed by atoms with Crippen LogP contribution >= 0.6 is 0 Å². The van der Waals surface area contributed by atoms with Crippen molar-refractivity contribution in [3.63, 3.8) is 0 Å². The molecule has 1 aromatic rings. The van der Waals surface area contributed by atoms with E-state index in [4.69, 9.17) is 11.5 Å². The van der Waals surface area contributed by atoms with Gasteiger partial charge in [0.25, 0.3) is 5.69 Å². The van der Waals surface area contributed by atoms with E-state index in [2.05, 4.69) is 0 Å². The molecule has 6 nitrogen and oxygen atoms in total. The molecule has 0 aliphatic carbocycles. The number of amides is 1. The highest BCUT2D eigenvalue weighted by Gasteiger charge is 2.16. The molecule has 0 aliphatic heterocycles. The van der Waals surface area contributed by atoms with Gasteiger partial charge in [0.15, 0.2) is 0 Å². The Morgan fingerprint density at radius 1 is 1.50 bits per heavy atom. The fourth-order valence-electron chi connectivity index (χ4n) is 1.07. The van der Waals surface area contributed by atoms with E-state index in [-0.39, 0.29) is 16.9 Å². The number of nitrogens with zero attached hydrogens (tertiary/aromatic N) is 1. The number of rotatable bonds is 2. The maximum Gasteiger partial charge on any atom is 0.293 e. The summed E-state index contributed by atoms with van der Waals surface area (Å²) in [5, 5.41) is 10.5. The number of primary amides is 1. The highest BCUT2D eigenvalue weighted by molar-refractivity contribution is 5.94. The number of benzene rings is 1. The Hall–Kier alpha value is -2.11. The molecule has 14 heavy (non-hydrogen) atoms. The van der Waals surface area contributed by atoms with Gasteiger partial charge in [0.2, 0.25) is 5.91 Å². The summed E-state index contributed by atoms with van der Waals surface area (Å²) in [7, 11) is 0. The summed E-state index contributed by atoms with van der Waals surface area (Å²) < 4.78 is 0. The predicted molar refractivity (Wildman–Crippen MR) is 50.8 cm³/mol. The van der Waals surface area contributed by atoms with Crippen molar-refractivity contribution in [2.45, 2.75) is 6.92 Å². The van der Waals surface area contributed by atoms with Crippen molar-refractivity contribution in [2.24, 2.45) is 5.73 Å². The quantitative estimate of drug-likeness (QED) is 0.408. The smallest absolute Gasteiger partial charge is 0.293 e. The zero-order valence-corrected chi connectivity index (χ0v) is 7.48. The summed E-state index contributed by atoms with van der Waals surface area (Å²) in [6.45, 7) is 1.58. The molecule has 1 amide bonds. The molecule has 0 spiro atoms. The normalized spacial score (nSPS) is 9.79. The Morgan fingerprint density at radius 2 is 2.07 bits per heavy atom. The van der Waals surface area contributed by atoms with Crippen LogP contribution in [0.3, 0.4) is 0 Å². The third-order valence-electron chi connectivity index (χ3n) is 1.85. The summed E-state index contributed by atoms with van der Waals surface area (Å²) in [5.74, 6) is -0.712. The SMILES string of the molecule is Cc1cc(C(N)=O)cc([N+](=O)[O-])c1N. The lowest BCUT2D eigenvalue weighted by atomic mass is 10.1. The highest BCUT2D eigenvalue weighted by Crippen LogP contribution is 2.26. The van der Waals surface area contributed by atoms with E-state index in [1.165, 1.54) is 6.07 Å². The van der Waals surface area contributed by atoms with Gasteiger partial charge in [0.1, 0.15) is 5.69 Å². The number of nitro groups is 1. The maximum atomic E-state index is 10.8. The Kier molecular flexibility index (Phi) is 2.37. The first kappa shape index (κ1) is 9.97. The molecule has 0 saturated heterocycles. The van der Waals surface area contributed by atoms with Gasteiger partial charge in [-0.1, -0.05) is 0 Å². The molecule has 0 unspecified atom stereocenters. The lowest BCUT2D eigenvalue weighted by molar-refractivity contribution is -0.383. The molecule has 1 rings (SSSR count). The van der Waals surface area contributed by atoms with E-state index in [0.717, 1.165) is 6.07 Å². The number of anilines is 1. The minimum absolute atomic E-state index is 0.0556. The molecular weight excluding hydrogens is 186 g/mol. The lowest BCUT2D eigenvalue weighted by Gasteiger charge is -2.03. The third-order valence-corrected chi connectivity index (χ3v) is 1.85. The summed E-state index contributed by atoms with van der Waals surface area (Å²) in [4.78, 5) is 20.7. The number of nitrogen functional groups attached to an aromatic ring is 1. The van der Waals surface area contributed by atoms with Crippen molar-refractivity contribution >= 4 is 17.3 Å². The molecule has 0 aliphatic rings. The number of carbonyl (C=O) groups excluding carboxylic acids is 1. The van der Waals surface area contributed by atoms with Gasteiger partial charge in [-0.15, -0.1) is 0 Å². The third kappa shape index (κ3) is 1.63. The monoisotopic (exact) mass is 195 g/mol. The van der Waals surface area contributed by atoms with E-state index >= 15 is 0 Å². The molecule has 0 heterocycles. The minimum Gasteiger partial charge on any atom is -0.393 e. The first-order chi connectivity index (χ1) is 6.43. The van der Waals surface area contributed by atoms with Crippen molar-refractivity contribution in [3.8, 4) is 0 Å². The van der Waals surface area contributed by atoms with Gasteiger partial charge in [-0.2, -0.15) is 0 Å². The molecule has 0 saturated carbocycles. The van der Waals surface area contributed by atoms with Gasteiger partial charge >= 0.3 is 0 Å². The maximum absolute atomic E-state index is 10.8. The number of hydrogen-bond donors (Lipinski definition) is 2. The zero-order chi connectivity index (χ0) is 10.9. The van der Waals surface area contributed by atoms with Crippen LogP contribution in [0.25, 0.3) is 0 Å². The molecule has 1 aromatic carbocycles. The first-order valence-corrected chi connectivity index (χ1v) is 3.77. The van der Waals surface area contributed by atoms with Crippen LogP contribution in [0, 0.1) is 17.0 Å². The molecule has 0 radical (unpaired) electrons. The average Bonchev–Trinajstić information content (AvgIpc) is 2.08. The second-order valence-electron chi connectivity index (χ2n) is 2.85. The summed E-state index contributed by atoms with van der Waals surface area (Å²) in [6.07, 6.45) is 0. The van der Waals surface area contributed by atoms with Crippen LogP contribution in [-0.4, -0.2) is 10.8 Å². The van der Waals surface area contributed by atoms with Crippen LogP contribution in [0.5, 0.6) is 0 Å². The Balaban J connectivity index is 3.43. The number of carbonyl (C=O) groups is 1. The standard InChI is InChI=1S/C8H9N3O3/c1-4-2-5(8(10)12)3-6(7(4)9)11(13)14/h2-3H,9H2,1H3,(H2,10,12). The summed E-state index contributed by atoms with van der Waals surface area (Å²) in [6, 6.07) is 2.50. The molecule has 0 aromatic heterocycles. The van der Waals surface area contributed by atoms with Crippen LogP contribution in [0.1, 0.15) is 15.9 Å². The molecule has 0 bridgehead atoms. The van der Waals surface area contributed by atoms with Gasteiger partial charge in [-0.05, 0) is 18.6 Å². The van der Waals surface area contributed by atoms with Crippen molar-refractivity contribution in [3.05, 3.63) is 33.4 Å². The second-order valence-corrected chi connectivity index (χ2v) is 2.85. The van der Waals surface area contributed by atoms with E-state index < -0.39 is 10.8 Å². The summed E-state index contributed by atoms with van der Waals surface area (Å²) >= 11 is 0. The van der Waals surface area contributed by atoms with Crippen LogP contribution in [-0.2, 0) is 0 Å². The fourth-order valence-corrected chi connectivity index (χ4v) is 1.07. The Bertz CT molecular complexity index is 415. The van der Waals surface area contributed by atoms with Crippen LogP contribution in [0.4, 0.5) is 11.4 Å². The van der Waals surface area contributed by atoms with E-state index in [1.807, 2.05) is 0 Å². The highest BCUT2D eigenvalue weighted by atomic mass is 16.6. The number of aryl methyl sites for hydroxylation is 1. The minimum atomic E-state index is -0.712. The van der Waals surface area contributed by atoms with E-state index in [9.17, 15) is 14.9 Å². The molecule has 0 atom stereocenters. The zero-order valence-electron chi connectivity index (χ0n) is 7.48. The number of hydrogen-bond acceptors (Lipinski definition) is 4.